The van der Waals surface area contributed by atoms with Crippen molar-refractivity contribution in [1.29, 1.82) is 0 Å². The fourth-order valence-corrected chi connectivity index (χ4v) is 9.38. The van der Waals surface area contributed by atoms with Gasteiger partial charge in [0.25, 0.3) is 0 Å². The molecule has 0 atom stereocenters. The predicted octanol–water partition coefficient (Wildman–Crippen LogP) is 14.8. The van der Waals surface area contributed by atoms with Gasteiger partial charge in [-0.25, -0.2) is 0 Å². The first-order valence-corrected chi connectivity index (χ1v) is 19.4. The van der Waals surface area contributed by atoms with Gasteiger partial charge in [0.15, 0.2) is 0 Å². The molecule has 0 bridgehead atoms. The van der Waals surface area contributed by atoms with Gasteiger partial charge < -0.3 is 4.90 Å². The summed E-state index contributed by atoms with van der Waals surface area (Å²) >= 11 is 0. The van der Waals surface area contributed by atoms with Crippen LogP contribution >= 0.6 is 0 Å². The lowest BCUT2D eigenvalue weighted by Gasteiger charge is -2.28. The summed E-state index contributed by atoms with van der Waals surface area (Å²) in [7, 11) is 0. The maximum absolute atomic E-state index is 2.42. The largest absolute Gasteiger partial charge is 0.310 e. The molecule has 0 spiro atoms. The van der Waals surface area contributed by atoms with E-state index < -0.39 is 0 Å². The van der Waals surface area contributed by atoms with Gasteiger partial charge in [0.1, 0.15) is 0 Å². The molecule has 0 saturated carbocycles. The quantitative estimate of drug-likeness (QED) is 0.166. The molecule has 2 aliphatic carbocycles. The summed E-state index contributed by atoms with van der Waals surface area (Å²) < 4.78 is 0. The molecule has 0 fully saturated rings. The van der Waals surface area contributed by atoms with Crippen LogP contribution in [0.4, 0.5) is 17.1 Å². The van der Waals surface area contributed by atoms with Crippen LogP contribution in [0.1, 0.15) is 49.9 Å². The van der Waals surface area contributed by atoms with E-state index in [9.17, 15) is 0 Å². The highest BCUT2D eigenvalue weighted by Gasteiger charge is 2.38. The SMILES string of the molecule is CC1(C)c2ccccc2-c2ccc(N(c3ccc(-c4ccc5c(c4)-c4c(-c6ccccc6)cccc4C5(C)C)cc3)c3cccc(-c4ccccc4)c3)cc21. The third-order valence-corrected chi connectivity index (χ3v) is 12.3. The zero-order valence-corrected chi connectivity index (χ0v) is 31.8. The number of hydrogen-bond donors (Lipinski definition) is 0. The molecule has 0 aromatic heterocycles. The zero-order chi connectivity index (χ0) is 37.3. The van der Waals surface area contributed by atoms with Crippen LogP contribution in [0.5, 0.6) is 0 Å². The average molecular weight is 706 g/mol. The maximum Gasteiger partial charge on any atom is 0.0467 e. The third-order valence-electron chi connectivity index (χ3n) is 12.3. The zero-order valence-electron chi connectivity index (χ0n) is 31.8. The molecule has 0 unspecified atom stereocenters. The summed E-state index contributed by atoms with van der Waals surface area (Å²) in [5, 5.41) is 0. The Bertz CT molecular complexity index is 2740. The first kappa shape index (κ1) is 33.2. The van der Waals surface area contributed by atoms with E-state index in [0.29, 0.717) is 0 Å². The molecule has 8 aromatic carbocycles. The molecule has 264 valence electrons. The Morgan fingerprint density at radius 2 is 0.800 bits per heavy atom. The summed E-state index contributed by atoms with van der Waals surface area (Å²) in [5.74, 6) is 0. The molecule has 1 nitrogen and oxygen atoms in total. The molecule has 0 radical (unpaired) electrons. The van der Waals surface area contributed by atoms with Gasteiger partial charge in [-0.15, -0.1) is 0 Å². The first-order valence-electron chi connectivity index (χ1n) is 19.4. The van der Waals surface area contributed by atoms with Crippen molar-refractivity contribution in [2.24, 2.45) is 0 Å². The smallest absolute Gasteiger partial charge is 0.0467 e. The molecule has 2 aliphatic rings. The van der Waals surface area contributed by atoms with Crippen molar-refractivity contribution in [3.05, 3.63) is 210 Å². The number of hydrogen-bond acceptors (Lipinski definition) is 1. The molecule has 0 heterocycles. The number of fused-ring (bicyclic) bond motifs is 6. The van der Waals surface area contributed by atoms with Gasteiger partial charge in [-0.05, 0) is 120 Å². The Balaban J connectivity index is 1.08. The highest BCUT2D eigenvalue weighted by Crippen LogP contribution is 2.54. The van der Waals surface area contributed by atoms with Crippen molar-refractivity contribution in [2.75, 3.05) is 4.90 Å². The van der Waals surface area contributed by atoms with E-state index in [4.69, 9.17) is 0 Å². The standard InChI is InChI=1S/C54H43N/c1-53(2)49-32-27-40(34-47(49)52-44(22-14-24-50(52)53)38-17-9-6-10-18-38)37-25-28-41(29-26-37)55(42-20-13-19-39(33-42)36-15-7-5-8-16-36)43-30-31-46-45-21-11-12-23-48(45)54(3,4)51(46)35-43/h5-35H,1-4H3. The van der Waals surface area contributed by atoms with E-state index in [0.717, 1.165) is 17.1 Å². The number of anilines is 3. The van der Waals surface area contributed by atoms with Gasteiger partial charge in [0, 0.05) is 27.9 Å². The van der Waals surface area contributed by atoms with E-state index in [2.05, 4.69) is 221 Å². The number of rotatable bonds is 6. The molecule has 8 aromatic rings. The third kappa shape index (κ3) is 5.29. The Hall–Kier alpha value is -6.44. The average Bonchev–Trinajstić information content (AvgIpc) is 3.61. The van der Waals surface area contributed by atoms with Gasteiger partial charge in [-0.1, -0.05) is 173 Å². The molecule has 10 rings (SSSR count). The van der Waals surface area contributed by atoms with Crippen LogP contribution in [0.3, 0.4) is 0 Å². The second-order valence-corrected chi connectivity index (χ2v) is 16.2. The molecule has 55 heavy (non-hydrogen) atoms. The molecule has 0 aliphatic heterocycles. The number of benzene rings is 8. The van der Waals surface area contributed by atoms with Crippen LogP contribution in [0, 0.1) is 0 Å². The fraction of sp³-hybridized carbons (Fsp3) is 0.111. The molecule has 0 N–H and O–H groups in total. The minimum atomic E-state index is -0.0928. The first-order chi connectivity index (χ1) is 26.8. The molecule has 1 heteroatoms. The Labute approximate surface area is 325 Å². The van der Waals surface area contributed by atoms with E-state index in [-0.39, 0.29) is 10.8 Å². The van der Waals surface area contributed by atoms with Crippen LogP contribution < -0.4 is 4.90 Å². The topological polar surface area (TPSA) is 3.24 Å². The highest BCUT2D eigenvalue weighted by molar-refractivity contribution is 5.94. The summed E-state index contributed by atoms with van der Waals surface area (Å²) in [6.07, 6.45) is 0. The molecule has 0 saturated heterocycles. The molecule has 0 amide bonds. The van der Waals surface area contributed by atoms with Gasteiger partial charge in [-0.2, -0.15) is 0 Å². The van der Waals surface area contributed by atoms with E-state index in [1.807, 2.05) is 0 Å². The summed E-state index contributed by atoms with van der Waals surface area (Å²) in [4.78, 5) is 2.42. The van der Waals surface area contributed by atoms with E-state index in [1.54, 1.807) is 0 Å². The van der Waals surface area contributed by atoms with E-state index in [1.165, 1.54) is 77.9 Å². The van der Waals surface area contributed by atoms with Gasteiger partial charge in [0.2, 0.25) is 0 Å². The second-order valence-electron chi connectivity index (χ2n) is 16.2. The van der Waals surface area contributed by atoms with Crippen LogP contribution in [0.2, 0.25) is 0 Å². The van der Waals surface area contributed by atoms with E-state index >= 15 is 0 Å². The second kappa shape index (κ2) is 12.6. The summed E-state index contributed by atoms with van der Waals surface area (Å²) in [6, 6.07) is 69.4. The maximum atomic E-state index is 2.42. The lowest BCUT2D eigenvalue weighted by molar-refractivity contribution is 0.660. The monoisotopic (exact) mass is 705 g/mol. The van der Waals surface area contributed by atoms with Crippen molar-refractivity contribution in [3.8, 4) is 55.6 Å². The van der Waals surface area contributed by atoms with Crippen LogP contribution in [-0.2, 0) is 10.8 Å². The minimum absolute atomic E-state index is 0.0710. The molecular formula is C54H43N. The van der Waals surface area contributed by atoms with Crippen molar-refractivity contribution in [2.45, 2.75) is 38.5 Å². The normalized spacial score (nSPS) is 14.1. The minimum Gasteiger partial charge on any atom is -0.310 e. The lowest BCUT2D eigenvalue weighted by atomic mass is 9.81. The lowest BCUT2D eigenvalue weighted by Crippen LogP contribution is -2.16. The summed E-state index contributed by atoms with van der Waals surface area (Å²) in [6.45, 7) is 9.44. The fourth-order valence-electron chi connectivity index (χ4n) is 9.38. The van der Waals surface area contributed by atoms with Crippen molar-refractivity contribution in [1.82, 2.24) is 0 Å². The van der Waals surface area contributed by atoms with Crippen molar-refractivity contribution < 1.29 is 0 Å². The summed E-state index contributed by atoms with van der Waals surface area (Å²) in [5.41, 5.74) is 21.5. The van der Waals surface area contributed by atoms with Gasteiger partial charge >= 0.3 is 0 Å². The number of nitrogens with zero attached hydrogens (tertiary/aromatic N) is 1. The molecular weight excluding hydrogens is 663 g/mol. The highest BCUT2D eigenvalue weighted by atomic mass is 15.1. The van der Waals surface area contributed by atoms with Crippen molar-refractivity contribution >= 4 is 17.1 Å². The van der Waals surface area contributed by atoms with Crippen molar-refractivity contribution in [3.63, 3.8) is 0 Å². The van der Waals surface area contributed by atoms with Crippen LogP contribution in [0.15, 0.2) is 188 Å². The predicted molar refractivity (Wildman–Crippen MR) is 233 cm³/mol. The van der Waals surface area contributed by atoms with Crippen LogP contribution in [0.25, 0.3) is 55.6 Å². The Kier molecular flexibility index (Phi) is 7.58. The Morgan fingerprint density at radius 1 is 0.291 bits per heavy atom. The Morgan fingerprint density at radius 3 is 1.58 bits per heavy atom. The van der Waals surface area contributed by atoms with Gasteiger partial charge in [0.05, 0.1) is 0 Å². The van der Waals surface area contributed by atoms with Gasteiger partial charge in [-0.3, -0.25) is 0 Å². The van der Waals surface area contributed by atoms with Crippen LogP contribution in [-0.4, -0.2) is 0 Å².